The first kappa shape index (κ1) is 63.6. The maximum Gasteiger partial charge on any atom is 0.306 e. The van der Waals surface area contributed by atoms with Gasteiger partial charge in [0.1, 0.15) is 13.2 Å². The summed E-state index contributed by atoms with van der Waals surface area (Å²) in [6, 6.07) is 0. The van der Waals surface area contributed by atoms with Crippen molar-refractivity contribution >= 4 is 17.9 Å². The molecule has 0 aromatic carbocycles. The van der Waals surface area contributed by atoms with Crippen molar-refractivity contribution in [1.82, 2.24) is 0 Å². The van der Waals surface area contributed by atoms with Gasteiger partial charge in [-0.15, -0.1) is 0 Å². The molecular formula is C60H110O6. The molecule has 0 aromatic rings. The standard InChI is InChI=1S/C60H110O6/c1-4-7-10-13-16-19-22-25-27-29-30-32-33-35-38-41-44-47-50-53-59(62)65-56-57(55-64-58(61)52-49-46-43-40-37-24-21-18-15-12-9-6-3)66-60(63)54-51-48-45-42-39-36-34-31-28-26-23-20-17-14-11-8-5-2/h16,18-19,21,25,27,57H,4-15,17,20,22-24,26,28-56H2,1-3H3/b19-16-,21-18-,27-25-. The molecule has 0 heterocycles. The first-order valence-corrected chi connectivity index (χ1v) is 29.0. The molecule has 0 saturated heterocycles. The van der Waals surface area contributed by atoms with E-state index >= 15 is 0 Å². The Bertz CT molecular complexity index is 1110. The van der Waals surface area contributed by atoms with Crippen LogP contribution in [0.5, 0.6) is 0 Å². The zero-order chi connectivity index (χ0) is 47.9. The van der Waals surface area contributed by atoms with Crippen molar-refractivity contribution in [2.24, 2.45) is 0 Å². The fourth-order valence-corrected chi connectivity index (χ4v) is 8.47. The fraction of sp³-hybridized carbons (Fsp3) is 0.850. The van der Waals surface area contributed by atoms with Crippen molar-refractivity contribution in [2.45, 2.75) is 316 Å². The Morgan fingerprint density at radius 2 is 0.545 bits per heavy atom. The lowest BCUT2D eigenvalue weighted by Gasteiger charge is -2.18. The summed E-state index contributed by atoms with van der Waals surface area (Å²) in [5.74, 6) is -0.869. The van der Waals surface area contributed by atoms with Crippen LogP contribution in [0.2, 0.25) is 0 Å². The first-order chi connectivity index (χ1) is 32.5. The van der Waals surface area contributed by atoms with E-state index in [1.807, 2.05) is 0 Å². The zero-order valence-corrected chi connectivity index (χ0v) is 44.2. The molecule has 1 atom stereocenters. The molecule has 0 aliphatic carbocycles. The molecule has 66 heavy (non-hydrogen) atoms. The van der Waals surface area contributed by atoms with Gasteiger partial charge in [0, 0.05) is 19.3 Å². The first-order valence-electron chi connectivity index (χ1n) is 29.0. The molecule has 6 heteroatoms. The van der Waals surface area contributed by atoms with E-state index in [4.69, 9.17) is 14.2 Å². The van der Waals surface area contributed by atoms with Gasteiger partial charge in [-0.2, -0.15) is 0 Å². The SMILES string of the molecule is CCCCC/C=C\C/C=C\CCCCCCCCCCCC(=O)OCC(COC(=O)CCCCCCC/C=C\CCCCC)OC(=O)CCCCCCCCCCCCCCCCCCC. The van der Waals surface area contributed by atoms with Crippen LogP contribution in [0.1, 0.15) is 310 Å². The maximum atomic E-state index is 12.8. The molecule has 0 aliphatic rings. The lowest BCUT2D eigenvalue weighted by Crippen LogP contribution is -2.30. The molecule has 0 amide bonds. The van der Waals surface area contributed by atoms with Gasteiger partial charge in [-0.1, -0.05) is 250 Å². The third kappa shape index (κ3) is 52.6. The van der Waals surface area contributed by atoms with E-state index in [-0.39, 0.29) is 31.1 Å². The number of esters is 3. The van der Waals surface area contributed by atoms with E-state index in [0.29, 0.717) is 19.3 Å². The number of hydrogen-bond donors (Lipinski definition) is 0. The van der Waals surface area contributed by atoms with Gasteiger partial charge in [0.15, 0.2) is 6.10 Å². The summed E-state index contributed by atoms with van der Waals surface area (Å²) >= 11 is 0. The number of carbonyl (C=O) groups excluding carboxylic acids is 3. The second-order valence-electron chi connectivity index (χ2n) is 19.6. The molecule has 0 spiro atoms. The second kappa shape index (κ2) is 55.2. The Morgan fingerprint density at radius 1 is 0.303 bits per heavy atom. The molecule has 0 rings (SSSR count). The molecule has 0 saturated carbocycles. The molecule has 386 valence electrons. The summed E-state index contributed by atoms with van der Waals surface area (Å²) in [7, 11) is 0. The molecule has 0 aromatic heterocycles. The van der Waals surface area contributed by atoms with Crippen LogP contribution < -0.4 is 0 Å². The molecule has 0 N–H and O–H groups in total. The van der Waals surface area contributed by atoms with Crippen molar-refractivity contribution in [3.63, 3.8) is 0 Å². The number of ether oxygens (including phenoxy) is 3. The average Bonchev–Trinajstić information content (AvgIpc) is 3.31. The number of carbonyl (C=O) groups is 3. The lowest BCUT2D eigenvalue weighted by atomic mass is 10.0. The van der Waals surface area contributed by atoms with Crippen LogP contribution in [0.3, 0.4) is 0 Å². The molecule has 6 nitrogen and oxygen atoms in total. The monoisotopic (exact) mass is 927 g/mol. The topological polar surface area (TPSA) is 78.9 Å². The second-order valence-corrected chi connectivity index (χ2v) is 19.6. The third-order valence-corrected chi connectivity index (χ3v) is 12.9. The van der Waals surface area contributed by atoms with E-state index in [1.165, 1.54) is 199 Å². The van der Waals surface area contributed by atoms with Crippen molar-refractivity contribution in [3.8, 4) is 0 Å². The minimum atomic E-state index is -0.774. The highest BCUT2D eigenvalue weighted by molar-refractivity contribution is 5.71. The van der Waals surface area contributed by atoms with Crippen LogP contribution in [-0.4, -0.2) is 37.2 Å². The van der Waals surface area contributed by atoms with Crippen LogP contribution in [-0.2, 0) is 28.6 Å². The van der Waals surface area contributed by atoms with E-state index in [0.717, 1.165) is 70.6 Å². The van der Waals surface area contributed by atoms with Gasteiger partial charge in [0.25, 0.3) is 0 Å². The van der Waals surface area contributed by atoms with Gasteiger partial charge in [0.2, 0.25) is 0 Å². The quantitative estimate of drug-likeness (QED) is 0.0262. The largest absolute Gasteiger partial charge is 0.462 e. The number of unbranched alkanes of at least 4 members (excludes halogenated alkanes) is 36. The minimum absolute atomic E-state index is 0.0735. The summed E-state index contributed by atoms with van der Waals surface area (Å²) in [5, 5.41) is 0. The van der Waals surface area contributed by atoms with Crippen molar-refractivity contribution < 1.29 is 28.6 Å². The average molecular weight is 928 g/mol. The summed E-state index contributed by atoms with van der Waals surface area (Å²) in [5.41, 5.74) is 0. The third-order valence-electron chi connectivity index (χ3n) is 12.9. The fourth-order valence-electron chi connectivity index (χ4n) is 8.47. The zero-order valence-electron chi connectivity index (χ0n) is 44.2. The number of allylic oxidation sites excluding steroid dienone is 6. The van der Waals surface area contributed by atoms with Gasteiger partial charge in [-0.05, 0) is 77.0 Å². The smallest absolute Gasteiger partial charge is 0.306 e. The van der Waals surface area contributed by atoms with Crippen molar-refractivity contribution in [1.29, 1.82) is 0 Å². The normalized spacial score (nSPS) is 12.2. The highest BCUT2D eigenvalue weighted by atomic mass is 16.6. The molecule has 0 aliphatic heterocycles. The van der Waals surface area contributed by atoms with E-state index in [2.05, 4.69) is 57.2 Å². The van der Waals surface area contributed by atoms with E-state index in [9.17, 15) is 14.4 Å². The Morgan fingerprint density at radius 3 is 0.879 bits per heavy atom. The molecular weight excluding hydrogens is 817 g/mol. The predicted molar refractivity (Wildman–Crippen MR) is 284 cm³/mol. The van der Waals surface area contributed by atoms with Crippen LogP contribution in [0.4, 0.5) is 0 Å². The molecule has 0 bridgehead atoms. The minimum Gasteiger partial charge on any atom is -0.462 e. The van der Waals surface area contributed by atoms with Gasteiger partial charge in [-0.3, -0.25) is 14.4 Å². The molecule has 1 unspecified atom stereocenters. The Hall–Kier alpha value is -2.37. The van der Waals surface area contributed by atoms with Gasteiger partial charge < -0.3 is 14.2 Å². The predicted octanol–water partition coefficient (Wildman–Crippen LogP) is 19.3. The van der Waals surface area contributed by atoms with Crippen molar-refractivity contribution in [3.05, 3.63) is 36.5 Å². The lowest BCUT2D eigenvalue weighted by molar-refractivity contribution is -0.167. The molecule has 0 radical (unpaired) electrons. The van der Waals surface area contributed by atoms with E-state index < -0.39 is 6.10 Å². The number of hydrogen-bond acceptors (Lipinski definition) is 6. The van der Waals surface area contributed by atoms with Crippen LogP contribution >= 0.6 is 0 Å². The van der Waals surface area contributed by atoms with Crippen molar-refractivity contribution in [2.75, 3.05) is 13.2 Å². The molecule has 0 fully saturated rings. The Labute approximate surface area is 410 Å². The van der Waals surface area contributed by atoms with Crippen LogP contribution in [0, 0.1) is 0 Å². The van der Waals surface area contributed by atoms with Gasteiger partial charge in [-0.25, -0.2) is 0 Å². The Balaban J connectivity index is 4.32. The summed E-state index contributed by atoms with van der Waals surface area (Å²) in [6.45, 7) is 6.62. The Kier molecular flexibility index (Phi) is 53.2. The maximum absolute atomic E-state index is 12.8. The van der Waals surface area contributed by atoms with E-state index in [1.54, 1.807) is 0 Å². The summed E-state index contributed by atoms with van der Waals surface area (Å²) in [6.07, 6.45) is 65.6. The summed E-state index contributed by atoms with van der Waals surface area (Å²) < 4.78 is 16.9. The summed E-state index contributed by atoms with van der Waals surface area (Å²) in [4.78, 5) is 38.1. The van der Waals surface area contributed by atoms with Gasteiger partial charge >= 0.3 is 17.9 Å². The highest BCUT2D eigenvalue weighted by Gasteiger charge is 2.19. The van der Waals surface area contributed by atoms with Crippen LogP contribution in [0.25, 0.3) is 0 Å². The highest BCUT2D eigenvalue weighted by Crippen LogP contribution is 2.16. The van der Waals surface area contributed by atoms with Gasteiger partial charge in [0.05, 0.1) is 0 Å². The van der Waals surface area contributed by atoms with Crippen LogP contribution in [0.15, 0.2) is 36.5 Å². The number of rotatable bonds is 53.